The van der Waals surface area contributed by atoms with Crippen LogP contribution in [0, 0.1) is 0 Å². The van der Waals surface area contributed by atoms with Gasteiger partial charge in [-0.2, -0.15) is 0 Å². The van der Waals surface area contributed by atoms with E-state index in [1.54, 1.807) is 35.2 Å². The molecule has 0 spiro atoms. The van der Waals surface area contributed by atoms with Crippen LogP contribution in [0.5, 0.6) is 5.88 Å². The zero-order valence-corrected chi connectivity index (χ0v) is 22.3. The van der Waals surface area contributed by atoms with E-state index in [0.717, 1.165) is 43.9 Å². The molecule has 2 aliphatic rings. The summed E-state index contributed by atoms with van der Waals surface area (Å²) in [5, 5.41) is 14.0. The lowest BCUT2D eigenvalue weighted by molar-refractivity contribution is 0.0695. The van der Waals surface area contributed by atoms with Gasteiger partial charge in [-0.15, -0.1) is 0 Å². The van der Waals surface area contributed by atoms with Gasteiger partial charge in [-0.3, -0.25) is 9.78 Å². The second kappa shape index (κ2) is 10.5. The van der Waals surface area contributed by atoms with E-state index in [1.165, 1.54) is 6.20 Å². The van der Waals surface area contributed by atoms with E-state index < -0.39 is 11.4 Å². The summed E-state index contributed by atoms with van der Waals surface area (Å²) in [4.78, 5) is 36.1. The standard InChI is InChI=1S/C28H25Cl2N5O4/c29-21-4-1-7-32-27(21)39-15-18-3-2-8-34(18)25-10-24-19(9-22(25)30)26(36)20(28(37)38)14-35(24)17-5-6-23(33-13-17)16-11-31-12-16/h1,4-7,9-10,13-14,16,18,31H,2-3,8,11-12,15H2,(H,37,38)/t18-/m1/s1. The van der Waals surface area contributed by atoms with Gasteiger partial charge in [0, 0.05) is 49.0 Å². The lowest BCUT2D eigenvalue weighted by Crippen LogP contribution is -2.40. The normalized spacial score (nSPS) is 17.4. The van der Waals surface area contributed by atoms with E-state index in [0.29, 0.717) is 39.7 Å². The molecule has 1 aromatic carbocycles. The van der Waals surface area contributed by atoms with E-state index in [-0.39, 0.29) is 17.0 Å². The second-order valence-corrected chi connectivity index (χ2v) is 10.6. The summed E-state index contributed by atoms with van der Waals surface area (Å²) in [6.07, 6.45) is 6.51. The topological polar surface area (TPSA) is 110 Å². The number of aromatic carboxylic acids is 1. The highest BCUT2D eigenvalue weighted by atomic mass is 35.5. The smallest absolute Gasteiger partial charge is 0.341 e. The number of hydrogen-bond donors (Lipinski definition) is 2. The van der Waals surface area contributed by atoms with Gasteiger partial charge in [-0.25, -0.2) is 9.78 Å². The third kappa shape index (κ3) is 4.82. The number of aromatic nitrogens is 3. The number of nitrogens with one attached hydrogen (secondary N) is 1. The third-order valence-electron chi connectivity index (χ3n) is 7.37. The highest BCUT2D eigenvalue weighted by Crippen LogP contribution is 2.36. The van der Waals surface area contributed by atoms with E-state index in [9.17, 15) is 14.7 Å². The van der Waals surface area contributed by atoms with Crippen molar-refractivity contribution in [1.82, 2.24) is 19.9 Å². The molecule has 0 saturated carbocycles. The Labute approximate surface area is 234 Å². The monoisotopic (exact) mass is 565 g/mol. The summed E-state index contributed by atoms with van der Waals surface area (Å²) in [6, 6.07) is 10.7. The van der Waals surface area contributed by atoms with Crippen LogP contribution in [-0.4, -0.2) is 57.9 Å². The molecule has 1 atom stereocenters. The molecule has 39 heavy (non-hydrogen) atoms. The summed E-state index contributed by atoms with van der Waals surface area (Å²) < 4.78 is 7.64. The van der Waals surface area contributed by atoms with E-state index in [1.807, 2.05) is 18.2 Å². The van der Waals surface area contributed by atoms with Crippen LogP contribution in [0.15, 0.2) is 59.8 Å². The fourth-order valence-electron chi connectivity index (χ4n) is 5.18. The van der Waals surface area contributed by atoms with Crippen LogP contribution in [0.3, 0.4) is 0 Å². The highest BCUT2D eigenvalue weighted by Gasteiger charge is 2.29. The molecule has 2 aliphatic heterocycles. The van der Waals surface area contributed by atoms with Crippen molar-refractivity contribution in [3.8, 4) is 11.6 Å². The molecule has 0 radical (unpaired) electrons. The Kier molecular flexibility index (Phi) is 6.88. The van der Waals surface area contributed by atoms with Crippen LogP contribution < -0.4 is 20.4 Å². The number of pyridine rings is 3. The number of fused-ring (bicyclic) bond motifs is 1. The summed E-state index contributed by atoms with van der Waals surface area (Å²) in [5.41, 5.74) is 1.99. The van der Waals surface area contributed by atoms with E-state index in [4.69, 9.17) is 27.9 Å². The van der Waals surface area contributed by atoms with Crippen molar-refractivity contribution in [1.29, 1.82) is 0 Å². The number of carbonyl (C=O) groups is 1. The minimum atomic E-state index is -1.30. The number of halogens is 2. The quantitative estimate of drug-likeness (QED) is 0.336. The first kappa shape index (κ1) is 25.6. The molecule has 3 aromatic heterocycles. The van der Waals surface area contributed by atoms with Gasteiger partial charge in [0.2, 0.25) is 11.3 Å². The predicted molar refractivity (Wildman–Crippen MR) is 150 cm³/mol. The molecule has 2 saturated heterocycles. The second-order valence-electron chi connectivity index (χ2n) is 9.76. The molecule has 6 rings (SSSR count). The van der Waals surface area contributed by atoms with Gasteiger partial charge in [0.1, 0.15) is 17.2 Å². The fourth-order valence-corrected chi connectivity index (χ4v) is 5.63. The maximum Gasteiger partial charge on any atom is 0.341 e. The van der Waals surface area contributed by atoms with Crippen molar-refractivity contribution in [2.24, 2.45) is 0 Å². The highest BCUT2D eigenvalue weighted by molar-refractivity contribution is 6.34. The van der Waals surface area contributed by atoms with Gasteiger partial charge >= 0.3 is 5.97 Å². The predicted octanol–water partition coefficient (Wildman–Crippen LogP) is 4.52. The van der Waals surface area contributed by atoms with Gasteiger partial charge < -0.3 is 24.6 Å². The number of carboxylic acids is 1. The van der Waals surface area contributed by atoms with Gasteiger partial charge in [0.25, 0.3) is 0 Å². The SMILES string of the molecule is O=C(O)c1cn(-c2ccc(C3CNC3)nc2)c2cc(N3CCC[C@@H]3COc3ncccc3Cl)c(Cl)cc2c1=O. The fraction of sp³-hybridized carbons (Fsp3) is 0.286. The number of rotatable bonds is 7. The molecule has 5 heterocycles. The maximum absolute atomic E-state index is 13.2. The van der Waals surface area contributed by atoms with Crippen molar-refractivity contribution >= 4 is 45.8 Å². The van der Waals surface area contributed by atoms with Crippen LogP contribution in [-0.2, 0) is 0 Å². The van der Waals surface area contributed by atoms with E-state index in [2.05, 4.69) is 20.2 Å². The zero-order chi connectivity index (χ0) is 27.1. The minimum absolute atomic E-state index is 0.00789. The number of anilines is 1. The zero-order valence-electron chi connectivity index (χ0n) is 20.8. The summed E-state index contributed by atoms with van der Waals surface area (Å²) in [7, 11) is 0. The molecule has 9 nitrogen and oxygen atoms in total. The molecular weight excluding hydrogens is 541 g/mol. The molecule has 2 fully saturated rings. The molecule has 200 valence electrons. The number of benzene rings is 1. The molecule has 0 aliphatic carbocycles. The Bertz CT molecular complexity index is 1620. The van der Waals surface area contributed by atoms with Crippen molar-refractivity contribution in [2.75, 3.05) is 31.1 Å². The largest absolute Gasteiger partial charge is 0.477 e. The van der Waals surface area contributed by atoms with Crippen LogP contribution in [0.1, 0.15) is 34.8 Å². The Morgan fingerprint density at radius 1 is 1.15 bits per heavy atom. The third-order valence-corrected chi connectivity index (χ3v) is 7.97. The lowest BCUT2D eigenvalue weighted by Gasteiger charge is -2.28. The summed E-state index contributed by atoms with van der Waals surface area (Å²) in [5.74, 6) is -0.565. The maximum atomic E-state index is 13.2. The average Bonchev–Trinajstić information content (AvgIpc) is 3.36. The molecule has 0 amide bonds. The van der Waals surface area contributed by atoms with Crippen molar-refractivity contribution < 1.29 is 14.6 Å². The summed E-state index contributed by atoms with van der Waals surface area (Å²) in [6.45, 7) is 2.87. The Morgan fingerprint density at radius 2 is 2.00 bits per heavy atom. The molecule has 2 N–H and O–H groups in total. The van der Waals surface area contributed by atoms with Crippen LogP contribution in [0.2, 0.25) is 10.0 Å². The average molecular weight is 566 g/mol. The number of ether oxygens (including phenoxy) is 1. The Hall–Kier alpha value is -3.66. The molecular formula is C28H25Cl2N5O4. The van der Waals surface area contributed by atoms with Crippen LogP contribution in [0.25, 0.3) is 16.6 Å². The number of hydrogen-bond acceptors (Lipinski definition) is 7. The van der Waals surface area contributed by atoms with Gasteiger partial charge in [-0.1, -0.05) is 23.2 Å². The Balaban J connectivity index is 1.41. The van der Waals surface area contributed by atoms with E-state index >= 15 is 0 Å². The van der Waals surface area contributed by atoms with Crippen LogP contribution >= 0.6 is 23.2 Å². The first-order valence-corrected chi connectivity index (χ1v) is 13.5. The summed E-state index contributed by atoms with van der Waals surface area (Å²) >= 11 is 13.0. The number of nitrogens with zero attached hydrogens (tertiary/aromatic N) is 4. The van der Waals surface area contributed by atoms with Gasteiger partial charge in [0.15, 0.2) is 0 Å². The molecule has 11 heteroatoms. The molecule has 0 unspecified atom stereocenters. The Morgan fingerprint density at radius 3 is 2.69 bits per heavy atom. The van der Waals surface area contributed by atoms with Crippen LogP contribution in [0.4, 0.5) is 5.69 Å². The first-order chi connectivity index (χ1) is 18.9. The van der Waals surface area contributed by atoms with Gasteiger partial charge in [-0.05, 0) is 49.2 Å². The molecule has 4 aromatic rings. The van der Waals surface area contributed by atoms with Crippen molar-refractivity contribution in [3.63, 3.8) is 0 Å². The molecule has 0 bridgehead atoms. The lowest BCUT2D eigenvalue weighted by atomic mass is 9.99. The minimum Gasteiger partial charge on any atom is -0.477 e. The first-order valence-electron chi connectivity index (χ1n) is 12.7. The van der Waals surface area contributed by atoms with Crippen molar-refractivity contribution in [3.05, 3.63) is 86.5 Å². The van der Waals surface area contributed by atoms with Gasteiger partial charge in [0.05, 0.1) is 34.2 Å². The number of carboxylic acid groups (broad SMARTS) is 1. The van der Waals surface area contributed by atoms with Crippen molar-refractivity contribution in [2.45, 2.75) is 24.8 Å².